The van der Waals surface area contributed by atoms with Gasteiger partial charge in [0.1, 0.15) is 16.8 Å². The van der Waals surface area contributed by atoms with Crippen LogP contribution < -0.4 is 0 Å². The van der Waals surface area contributed by atoms with Gasteiger partial charge in [0.05, 0.1) is 11.0 Å². The molecule has 10 rings (SSSR count). The SMILES string of the molecule is CC1(C)c2ccccc2-c2c1ccc1c3ccccc3n(-c3nc(-c4ccccc4)c4oc5cc6ccccc6cc5c4n3)c21. The van der Waals surface area contributed by atoms with Crippen LogP contribution in [-0.2, 0) is 5.41 Å². The van der Waals surface area contributed by atoms with E-state index < -0.39 is 0 Å². The third-order valence-corrected chi connectivity index (χ3v) is 9.80. The number of rotatable bonds is 2. The van der Waals surface area contributed by atoms with Crippen molar-refractivity contribution >= 4 is 54.6 Å². The minimum absolute atomic E-state index is 0.122. The van der Waals surface area contributed by atoms with Crippen LogP contribution in [0.1, 0.15) is 25.0 Å². The van der Waals surface area contributed by atoms with Crippen molar-refractivity contribution in [3.05, 3.63) is 139 Å². The maximum absolute atomic E-state index is 6.61. The topological polar surface area (TPSA) is 43.9 Å². The van der Waals surface area contributed by atoms with E-state index in [4.69, 9.17) is 14.4 Å². The van der Waals surface area contributed by atoms with E-state index >= 15 is 0 Å². The molecule has 0 unspecified atom stereocenters. The maximum atomic E-state index is 6.61. The highest BCUT2D eigenvalue weighted by Crippen LogP contribution is 2.52. The van der Waals surface area contributed by atoms with Crippen LogP contribution in [0.3, 0.4) is 0 Å². The lowest BCUT2D eigenvalue weighted by Crippen LogP contribution is -2.14. The summed E-state index contributed by atoms with van der Waals surface area (Å²) in [5, 5.41) is 5.66. The van der Waals surface area contributed by atoms with Crippen molar-refractivity contribution in [3.63, 3.8) is 0 Å². The van der Waals surface area contributed by atoms with Gasteiger partial charge in [0.2, 0.25) is 5.95 Å². The molecule has 45 heavy (non-hydrogen) atoms. The standard InChI is InChI=1S/C41H27N3O/c1-41(2)31-18-10-8-17-29(31)35-32(41)21-20-28-27-16-9-11-19-33(27)44(38(28)35)40-42-36(24-12-4-3-5-13-24)39-37(43-40)30-22-25-14-6-7-15-26(25)23-34(30)45-39/h3-23H,1-2H3. The van der Waals surface area contributed by atoms with Gasteiger partial charge in [-0.25, -0.2) is 9.97 Å². The zero-order valence-corrected chi connectivity index (χ0v) is 24.9. The molecule has 0 fully saturated rings. The number of hydrogen-bond acceptors (Lipinski definition) is 3. The molecule has 0 radical (unpaired) electrons. The fraction of sp³-hybridized carbons (Fsp3) is 0.0732. The molecule has 4 nitrogen and oxygen atoms in total. The lowest BCUT2D eigenvalue weighted by atomic mass is 9.82. The first-order chi connectivity index (χ1) is 22.1. The highest BCUT2D eigenvalue weighted by molar-refractivity contribution is 6.16. The van der Waals surface area contributed by atoms with Gasteiger partial charge in [-0.1, -0.05) is 123 Å². The van der Waals surface area contributed by atoms with Gasteiger partial charge in [-0.15, -0.1) is 0 Å². The van der Waals surface area contributed by atoms with E-state index in [-0.39, 0.29) is 5.41 Å². The molecule has 0 aliphatic heterocycles. The normalized spacial score (nSPS) is 13.7. The summed E-state index contributed by atoms with van der Waals surface area (Å²) in [6.07, 6.45) is 0. The molecule has 212 valence electrons. The van der Waals surface area contributed by atoms with Gasteiger partial charge in [0.25, 0.3) is 0 Å². The van der Waals surface area contributed by atoms with E-state index in [0.717, 1.165) is 49.5 Å². The summed E-state index contributed by atoms with van der Waals surface area (Å²) in [7, 11) is 0. The van der Waals surface area contributed by atoms with Crippen molar-refractivity contribution in [1.29, 1.82) is 0 Å². The number of aromatic nitrogens is 3. The van der Waals surface area contributed by atoms with Crippen molar-refractivity contribution in [2.45, 2.75) is 19.3 Å². The van der Waals surface area contributed by atoms with Crippen LogP contribution >= 0.6 is 0 Å². The number of nitrogens with zero attached hydrogens (tertiary/aromatic N) is 3. The molecular formula is C41H27N3O. The predicted octanol–water partition coefficient (Wildman–Crippen LogP) is 10.6. The molecule has 0 amide bonds. The van der Waals surface area contributed by atoms with Gasteiger partial charge >= 0.3 is 0 Å². The summed E-state index contributed by atoms with van der Waals surface area (Å²) in [5.74, 6) is 0.638. The quantitative estimate of drug-likeness (QED) is 0.205. The lowest BCUT2D eigenvalue weighted by Gasteiger charge is -2.21. The van der Waals surface area contributed by atoms with E-state index in [1.54, 1.807) is 0 Å². The fourth-order valence-corrected chi connectivity index (χ4v) is 7.66. The average Bonchev–Trinajstić information content (AvgIpc) is 3.69. The van der Waals surface area contributed by atoms with Crippen molar-refractivity contribution in [3.8, 4) is 28.3 Å². The Labute approximate surface area is 259 Å². The van der Waals surface area contributed by atoms with Crippen molar-refractivity contribution in [2.75, 3.05) is 0 Å². The molecule has 0 atom stereocenters. The third-order valence-electron chi connectivity index (χ3n) is 9.80. The number of fused-ring (bicyclic) bond motifs is 11. The first-order valence-corrected chi connectivity index (χ1v) is 15.4. The molecular weight excluding hydrogens is 550 g/mol. The Bertz CT molecular complexity index is 2680. The maximum Gasteiger partial charge on any atom is 0.236 e. The summed E-state index contributed by atoms with van der Waals surface area (Å²) in [6.45, 7) is 4.66. The van der Waals surface area contributed by atoms with Crippen LogP contribution in [-0.4, -0.2) is 14.5 Å². The number of benzene rings is 6. The first kappa shape index (κ1) is 24.7. The number of para-hydroxylation sites is 1. The molecule has 3 heterocycles. The van der Waals surface area contributed by atoms with E-state index in [9.17, 15) is 0 Å². The Morgan fingerprint density at radius 2 is 1.36 bits per heavy atom. The molecule has 0 spiro atoms. The minimum Gasteiger partial charge on any atom is -0.452 e. The van der Waals surface area contributed by atoms with Crippen LogP contribution in [0, 0.1) is 0 Å². The highest BCUT2D eigenvalue weighted by atomic mass is 16.3. The molecule has 0 bridgehead atoms. The van der Waals surface area contributed by atoms with Gasteiger partial charge in [0.15, 0.2) is 5.58 Å². The van der Waals surface area contributed by atoms with Crippen LogP contribution in [0.2, 0.25) is 0 Å². The third kappa shape index (κ3) is 3.26. The predicted molar refractivity (Wildman–Crippen MR) is 184 cm³/mol. The molecule has 0 N–H and O–H groups in total. The van der Waals surface area contributed by atoms with Gasteiger partial charge in [-0.3, -0.25) is 4.57 Å². The second-order valence-electron chi connectivity index (χ2n) is 12.6. The summed E-state index contributed by atoms with van der Waals surface area (Å²) >= 11 is 0. The zero-order chi connectivity index (χ0) is 29.9. The van der Waals surface area contributed by atoms with E-state index in [1.165, 1.54) is 33.0 Å². The second-order valence-corrected chi connectivity index (χ2v) is 12.6. The first-order valence-electron chi connectivity index (χ1n) is 15.4. The van der Waals surface area contributed by atoms with E-state index in [1.807, 2.05) is 18.2 Å². The van der Waals surface area contributed by atoms with Gasteiger partial charge in [-0.05, 0) is 45.7 Å². The monoisotopic (exact) mass is 577 g/mol. The van der Waals surface area contributed by atoms with Gasteiger partial charge in [-0.2, -0.15) is 0 Å². The zero-order valence-electron chi connectivity index (χ0n) is 24.9. The fourth-order valence-electron chi connectivity index (χ4n) is 7.66. The Balaban J connectivity index is 1.39. The molecule has 1 aliphatic carbocycles. The Hall–Kier alpha value is -5.74. The Morgan fingerprint density at radius 1 is 0.622 bits per heavy atom. The summed E-state index contributed by atoms with van der Waals surface area (Å²) < 4.78 is 8.89. The number of furan rings is 1. The van der Waals surface area contributed by atoms with Gasteiger partial charge < -0.3 is 4.42 Å². The van der Waals surface area contributed by atoms with Gasteiger partial charge in [0, 0.05) is 32.7 Å². The average molecular weight is 578 g/mol. The highest BCUT2D eigenvalue weighted by Gasteiger charge is 2.37. The number of hydrogen-bond donors (Lipinski definition) is 0. The Morgan fingerprint density at radius 3 is 2.22 bits per heavy atom. The van der Waals surface area contributed by atoms with Crippen molar-refractivity contribution < 1.29 is 4.42 Å². The van der Waals surface area contributed by atoms with Crippen LogP contribution in [0.5, 0.6) is 0 Å². The molecule has 0 saturated carbocycles. The summed E-state index contributed by atoms with van der Waals surface area (Å²) in [5.41, 5.74) is 11.4. The molecule has 6 aromatic carbocycles. The molecule has 3 aromatic heterocycles. The summed E-state index contributed by atoms with van der Waals surface area (Å²) in [6, 6.07) is 45.1. The summed E-state index contributed by atoms with van der Waals surface area (Å²) in [4.78, 5) is 10.7. The molecule has 4 heteroatoms. The largest absolute Gasteiger partial charge is 0.452 e. The van der Waals surface area contributed by atoms with Crippen molar-refractivity contribution in [2.24, 2.45) is 0 Å². The van der Waals surface area contributed by atoms with E-state index in [0.29, 0.717) is 11.5 Å². The Kier molecular flexibility index (Phi) is 4.76. The van der Waals surface area contributed by atoms with Crippen molar-refractivity contribution in [1.82, 2.24) is 14.5 Å². The second kappa shape index (κ2) is 8.67. The minimum atomic E-state index is -0.122. The van der Waals surface area contributed by atoms with E-state index in [2.05, 4.69) is 128 Å². The molecule has 1 aliphatic rings. The molecule has 0 saturated heterocycles. The van der Waals surface area contributed by atoms with Crippen LogP contribution in [0.4, 0.5) is 0 Å². The van der Waals surface area contributed by atoms with Crippen LogP contribution in [0.25, 0.3) is 83.0 Å². The molecule has 9 aromatic rings. The van der Waals surface area contributed by atoms with Crippen LogP contribution in [0.15, 0.2) is 132 Å². The smallest absolute Gasteiger partial charge is 0.236 e. The lowest BCUT2D eigenvalue weighted by molar-refractivity contribution is 0.660.